The number of benzene rings is 2. The van der Waals surface area contributed by atoms with Crippen molar-refractivity contribution in [2.24, 2.45) is 0 Å². The Morgan fingerprint density at radius 1 is 1.06 bits per heavy atom. The summed E-state index contributed by atoms with van der Waals surface area (Å²) in [5, 5.41) is 10.3. The number of aromatic amines is 1. The molecule has 0 fully saturated rings. The quantitative estimate of drug-likeness (QED) is 0.641. The molecule has 2 N–H and O–H groups in total. The van der Waals surface area contributed by atoms with Crippen molar-refractivity contribution in [2.75, 3.05) is 26.4 Å². The van der Waals surface area contributed by atoms with Gasteiger partial charge in [-0.05, 0) is 35.2 Å². The van der Waals surface area contributed by atoms with Crippen molar-refractivity contribution in [2.45, 2.75) is 32.7 Å². The smallest absolute Gasteiger partial charge is 0.254 e. The second kappa shape index (κ2) is 8.67. The Bertz CT molecular complexity index is 1190. The third-order valence-corrected chi connectivity index (χ3v) is 5.60. The Balaban J connectivity index is 1.62. The largest absolute Gasteiger partial charge is 0.486 e. The molecule has 0 radical (unpaired) electrons. The maximum atomic E-state index is 13.1. The van der Waals surface area contributed by atoms with Gasteiger partial charge < -0.3 is 24.5 Å². The molecular weight excluding hydrogens is 408 g/mol. The lowest BCUT2D eigenvalue weighted by Crippen LogP contribution is -2.35. The van der Waals surface area contributed by atoms with Crippen LogP contribution in [0.15, 0.2) is 47.3 Å². The first kappa shape index (κ1) is 21.9. The second-order valence-electron chi connectivity index (χ2n) is 8.98. The summed E-state index contributed by atoms with van der Waals surface area (Å²) in [7, 11) is 0. The van der Waals surface area contributed by atoms with Crippen LogP contribution in [0, 0.1) is 0 Å². The number of rotatable bonds is 5. The van der Waals surface area contributed by atoms with Gasteiger partial charge in [-0.25, -0.2) is 0 Å². The fourth-order valence-electron chi connectivity index (χ4n) is 3.78. The summed E-state index contributed by atoms with van der Waals surface area (Å²) in [4.78, 5) is 30.2. The van der Waals surface area contributed by atoms with Crippen LogP contribution in [0.25, 0.3) is 10.9 Å². The van der Waals surface area contributed by atoms with Gasteiger partial charge in [0, 0.05) is 29.1 Å². The standard InChI is InChI=1S/C25H28N2O5/c1-25(2,3)19-6-4-16(5-7-19)24(30)27(8-9-28)15-18-12-17-13-21-22(32-11-10-31-21)14-20(17)26-23(18)29/h4-7,12-14,28H,8-11,15H2,1-3H3,(H,26,29). The number of hydrogen-bond donors (Lipinski definition) is 2. The molecule has 4 rings (SSSR count). The highest BCUT2D eigenvalue weighted by molar-refractivity contribution is 5.94. The first-order valence-corrected chi connectivity index (χ1v) is 10.7. The van der Waals surface area contributed by atoms with E-state index in [1.54, 1.807) is 24.3 Å². The Labute approximate surface area is 186 Å². The highest BCUT2D eigenvalue weighted by Crippen LogP contribution is 2.33. The Morgan fingerprint density at radius 2 is 1.72 bits per heavy atom. The minimum Gasteiger partial charge on any atom is -0.486 e. The number of H-pyrrole nitrogens is 1. The summed E-state index contributed by atoms with van der Waals surface area (Å²) < 4.78 is 11.2. The first-order valence-electron chi connectivity index (χ1n) is 10.7. The molecule has 0 bridgehead atoms. The minimum atomic E-state index is -0.284. The molecule has 0 aliphatic carbocycles. The Kier molecular flexibility index (Phi) is 5.93. The van der Waals surface area contributed by atoms with Gasteiger partial charge in [0.15, 0.2) is 11.5 Å². The normalized spacial score (nSPS) is 13.2. The highest BCUT2D eigenvalue weighted by atomic mass is 16.6. The van der Waals surface area contributed by atoms with Crippen LogP contribution in [0.2, 0.25) is 0 Å². The zero-order valence-electron chi connectivity index (χ0n) is 18.6. The zero-order chi connectivity index (χ0) is 22.9. The Morgan fingerprint density at radius 3 is 2.34 bits per heavy atom. The number of carbonyl (C=O) groups excluding carboxylic acids is 1. The number of aliphatic hydroxyl groups is 1. The molecule has 1 amide bonds. The zero-order valence-corrected chi connectivity index (χ0v) is 18.6. The number of nitrogens with zero attached hydrogens (tertiary/aromatic N) is 1. The summed E-state index contributed by atoms with van der Waals surface area (Å²) in [5.74, 6) is 0.994. The van der Waals surface area contributed by atoms with Crippen LogP contribution < -0.4 is 15.0 Å². The second-order valence-corrected chi connectivity index (χ2v) is 8.98. The van der Waals surface area contributed by atoms with Crippen molar-refractivity contribution >= 4 is 16.8 Å². The van der Waals surface area contributed by atoms with Gasteiger partial charge in [0.25, 0.3) is 11.5 Å². The molecule has 0 unspecified atom stereocenters. The topological polar surface area (TPSA) is 91.9 Å². The average Bonchev–Trinajstić information content (AvgIpc) is 2.77. The van der Waals surface area contributed by atoms with Gasteiger partial charge in [0.1, 0.15) is 13.2 Å². The number of hydrogen-bond acceptors (Lipinski definition) is 5. The molecule has 1 aliphatic heterocycles. The Hall–Kier alpha value is -3.32. The van der Waals surface area contributed by atoms with Crippen LogP contribution in [0.4, 0.5) is 0 Å². The molecule has 0 saturated heterocycles. The van der Waals surface area contributed by atoms with Gasteiger partial charge in [0.05, 0.1) is 18.7 Å². The maximum Gasteiger partial charge on any atom is 0.254 e. The van der Waals surface area contributed by atoms with Gasteiger partial charge in [-0.3, -0.25) is 9.59 Å². The molecule has 168 valence electrons. The highest BCUT2D eigenvalue weighted by Gasteiger charge is 2.20. The van der Waals surface area contributed by atoms with E-state index < -0.39 is 0 Å². The molecular formula is C25H28N2O5. The monoisotopic (exact) mass is 436 g/mol. The number of amides is 1. The molecule has 2 aromatic carbocycles. The van der Waals surface area contributed by atoms with Gasteiger partial charge in [-0.15, -0.1) is 0 Å². The van der Waals surface area contributed by atoms with E-state index in [4.69, 9.17) is 9.47 Å². The molecule has 0 saturated carbocycles. The lowest BCUT2D eigenvalue weighted by atomic mass is 9.86. The number of aliphatic hydroxyl groups excluding tert-OH is 1. The lowest BCUT2D eigenvalue weighted by Gasteiger charge is -2.23. The number of ether oxygens (including phenoxy) is 2. The number of aromatic nitrogens is 1. The lowest BCUT2D eigenvalue weighted by molar-refractivity contribution is 0.0707. The van der Waals surface area contributed by atoms with Crippen LogP contribution in [0.5, 0.6) is 11.5 Å². The van der Waals surface area contributed by atoms with Crippen molar-refractivity contribution in [3.8, 4) is 11.5 Å². The van der Waals surface area contributed by atoms with Crippen LogP contribution in [-0.4, -0.2) is 47.3 Å². The van der Waals surface area contributed by atoms with E-state index in [0.717, 1.165) is 10.9 Å². The fourth-order valence-corrected chi connectivity index (χ4v) is 3.78. The number of carbonyl (C=O) groups is 1. The molecule has 0 spiro atoms. The molecule has 1 aromatic heterocycles. The minimum absolute atomic E-state index is 0.0152. The van der Waals surface area contributed by atoms with E-state index in [2.05, 4.69) is 25.8 Å². The summed E-state index contributed by atoms with van der Waals surface area (Å²) in [6.07, 6.45) is 0. The van der Waals surface area contributed by atoms with Gasteiger partial charge >= 0.3 is 0 Å². The van der Waals surface area contributed by atoms with Crippen LogP contribution in [0.1, 0.15) is 42.3 Å². The summed E-state index contributed by atoms with van der Waals surface area (Å²) >= 11 is 0. The third-order valence-electron chi connectivity index (χ3n) is 5.60. The molecule has 7 nitrogen and oxygen atoms in total. The number of nitrogens with one attached hydrogen (secondary N) is 1. The van der Waals surface area contributed by atoms with Crippen molar-refractivity contribution in [1.29, 1.82) is 0 Å². The van der Waals surface area contributed by atoms with Gasteiger partial charge in [-0.2, -0.15) is 0 Å². The van der Waals surface area contributed by atoms with Crippen molar-refractivity contribution in [3.63, 3.8) is 0 Å². The van der Waals surface area contributed by atoms with Crippen molar-refractivity contribution < 1.29 is 19.4 Å². The number of pyridine rings is 1. The van der Waals surface area contributed by atoms with Crippen molar-refractivity contribution in [1.82, 2.24) is 9.88 Å². The third kappa shape index (κ3) is 4.48. The predicted molar refractivity (Wildman–Crippen MR) is 123 cm³/mol. The van der Waals surface area contributed by atoms with E-state index in [1.807, 2.05) is 18.2 Å². The SMILES string of the molecule is CC(C)(C)c1ccc(C(=O)N(CCO)Cc2cc3cc4c(cc3[nH]c2=O)OCCO4)cc1. The fraction of sp³-hybridized carbons (Fsp3) is 0.360. The summed E-state index contributed by atoms with van der Waals surface area (Å²) in [6, 6.07) is 12.8. The molecule has 1 aliphatic rings. The van der Waals surface area contributed by atoms with Crippen LogP contribution in [-0.2, 0) is 12.0 Å². The predicted octanol–water partition coefficient (Wildman–Crippen LogP) is 3.23. The number of fused-ring (bicyclic) bond motifs is 2. The molecule has 0 atom stereocenters. The van der Waals surface area contributed by atoms with E-state index in [1.165, 1.54) is 4.90 Å². The average molecular weight is 437 g/mol. The van der Waals surface area contributed by atoms with Crippen molar-refractivity contribution in [3.05, 3.63) is 69.5 Å². The molecule has 7 heteroatoms. The van der Waals surface area contributed by atoms with Crippen LogP contribution >= 0.6 is 0 Å². The van der Waals surface area contributed by atoms with E-state index in [0.29, 0.717) is 41.4 Å². The van der Waals surface area contributed by atoms with E-state index in [9.17, 15) is 14.7 Å². The first-order chi connectivity index (χ1) is 15.3. The molecule has 3 aromatic rings. The van der Waals surface area contributed by atoms with E-state index in [-0.39, 0.29) is 36.6 Å². The van der Waals surface area contributed by atoms with E-state index >= 15 is 0 Å². The molecule has 2 heterocycles. The van der Waals surface area contributed by atoms with Gasteiger partial charge in [-0.1, -0.05) is 32.9 Å². The molecule has 32 heavy (non-hydrogen) atoms. The summed E-state index contributed by atoms with van der Waals surface area (Å²) in [5.41, 5.74) is 2.42. The van der Waals surface area contributed by atoms with Crippen LogP contribution in [0.3, 0.4) is 0 Å². The van der Waals surface area contributed by atoms with Gasteiger partial charge in [0.2, 0.25) is 0 Å². The summed E-state index contributed by atoms with van der Waals surface area (Å²) in [6.45, 7) is 7.29. The maximum absolute atomic E-state index is 13.1.